The predicted molar refractivity (Wildman–Crippen MR) is 85.4 cm³/mol. The molecular formula is C16H18F2N4O2. The molecule has 128 valence electrons. The third-order valence-electron chi connectivity index (χ3n) is 3.78. The Morgan fingerprint density at radius 3 is 2.96 bits per heavy atom. The van der Waals surface area contributed by atoms with Crippen LogP contribution in [-0.2, 0) is 11.3 Å². The van der Waals surface area contributed by atoms with Crippen LogP contribution in [0.4, 0.5) is 25.0 Å². The highest BCUT2D eigenvalue weighted by atomic mass is 19.3. The highest BCUT2D eigenvalue weighted by Gasteiger charge is 2.23. The normalized spacial score (nSPS) is 15.7. The molecule has 1 N–H and O–H groups in total. The van der Waals surface area contributed by atoms with Crippen LogP contribution >= 0.6 is 0 Å². The predicted octanol–water partition coefficient (Wildman–Crippen LogP) is 3.28. The van der Waals surface area contributed by atoms with Gasteiger partial charge in [0.1, 0.15) is 13.2 Å². The van der Waals surface area contributed by atoms with Gasteiger partial charge in [0.2, 0.25) is 0 Å². The molecule has 1 amide bonds. The van der Waals surface area contributed by atoms with Crippen molar-refractivity contribution in [3.8, 4) is 0 Å². The Bertz CT molecular complexity index is 720. The van der Waals surface area contributed by atoms with Gasteiger partial charge in [0.25, 0.3) is 6.43 Å². The van der Waals surface area contributed by atoms with Crippen LogP contribution in [0.3, 0.4) is 0 Å². The first-order valence-electron chi connectivity index (χ1n) is 7.64. The van der Waals surface area contributed by atoms with Gasteiger partial charge in [-0.1, -0.05) is 12.1 Å². The molecule has 1 aliphatic heterocycles. The number of cyclic esters (lactones) is 1. The van der Waals surface area contributed by atoms with E-state index in [2.05, 4.69) is 10.4 Å². The van der Waals surface area contributed by atoms with Gasteiger partial charge in [-0.05, 0) is 24.6 Å². The minimum atomic E-state index is -2.44. The summed E-state index contributed by atoms with van der Waals surface area (Å²) in [6.45, 7) is 2.44. The fraction of sp³-hybridized carbons (Fsp3) is 0.375. The van der Waals surface area contributed by atoms with Crippen LogP contribution in [-0.4, -0.2) is 35.5 Å². The molecule has 8 heteroatoms. The van der Waals surface area contributed by atoms with Gasteiger partial charge in [0, 0.05) is 17.9 Å². The average molecular weight is 336 g/mol. The molecule has 1 aromatic carbocycles. The summed E-state index contributed by atoms with van der Waals surface area (Å²) < 4.78 is 30.9. The lowest BCUT2D eigenvalue weighted by Crippen LogP contribution is -2.23. The Balaban J connectivity index is 1.69. The van der Waals surface area contributed by atoms with Gasteiger partial charge in [-0.15, -0.1) is 0 Å². The number of hydrogen-bond acceptors (Lipinski definition) is 4. The van der Waals surface area contributed by atoms with E-state index in [1.165, 1.54) is 10.9 Å². The number of anilines is 2. The van der Waals surface area contributed by atoms with Crippen LogP contribution in [0, 0.1) is 0 Å². The van der Waals surface area contributed by atoms with Gasteiger partial charge in [-0.2, -0.15) is 5.10 Å². The second-order valence-corrected chi connectivity index (χ2v) is 5.57. The van der Waals surface area contributed by atoms with E-state index in [1.54, 1.807) is 11.1 Å². The molecule has 3 rings (SSSR count). The highest BCUT2D eigenvalue weighted by Crippen LogP contribution is 2.25. The number of hydrogen-bond donors (Lipinski definition) is 1. The Kier molecular flexibility index (Phi) is 4.64. The molecule has 1 atom stereocenters. The molecule has 0 aliphatic carbocycles. The van der Waals surface area contributed by atoms with Crippen molar-refractivity contribution in [1.29, 1.82) is 0 Å². The monoisotopic (exact) mass is 336 g/mol. The maximum Gasteiger partial charge on any atom is 0.414 e. The van der Waals surface area contributed by atoms with Crippen LogP contribution in [0.15, 0.2) is 36.7 Å². The Morgan fingerprint density at radius 2 is 2.25 bits per heavy atom. The fourth-order valence-corrected chi connectivity index (χ4v) is 2.60. The molecule has 0 bridgehead atoms. The largest absolute Gasteiger partial charge is 0.447 e. The minimum absolute atomic E-state index is 0.0761. The van der Waals surface area contributed by atoms with Crippen LogP contribution < -0.4 is 10.2 Å². The first-order chi connectivity index (χ1) is 11.5. The molecule has 0 unspecified atom stereocenters. The second-order valence-electron chi connectivity index (χ2n) is 5.57. The molecule has 0 saturated carbocycles. The van der Waals surface area contributed by atoms with Crippen LogP contribution in [0.2, 0.25) is 0 Å². The molecule has 1 saturated heterocycles. The number of amides is 1. The Labute approximate surface area is 138 Å². The first-order valence-corrected chi connectivity index (χ1v) is 7.64. The molecule has 1 aromatic heterocycles. The molecule has 0 radical (unpaired) electrons. The summed E-state index contributed by atoms with van der Waals surface area (Å²) in [6.07, 6.45) is 0.276. The fourth-order valence-electron chi connectivity index (χ4n) is 2.60. The highest BCUT2D eigenvalue weighted by molar-refractivity contribution is 5.89. The number of ether oxygens (including phenoxy) is 1. The van der Waals surface area contributed by atoms with E-state index >= 15 is 0 Å². The maximum absolute atomic E-state index is 12.4. The van der Waals surface area contributed by atoms with Gasteiger partial charge in [-0.25, -0.2) is 13.6 Å². The van der Waals surface area contributed by atoms with Crippen molar-refractivity contribution >= 4 is 17.5 Å². The number of alkyl halides is 2. The molecule has 1 fully saturated rings. The summed E-state index contributed by atoms with van der Waals surface area (Å²) in [6, 6.07) is 7.49. The van der Waals surface area contributed by atoms with Crippen molar-refractivity contribution in [2.45, 2.75) is 25.9 Å². The summed E-state index contributed by atoms with van der Waals surface area (Å²) in [7, 11) is 0. The standard InChI is InChI=1S/C16H18F2N4O2/c1-11(20-13-8-19-21(9-13)10-15(17)18)12-3-2-4-14(7-12)22-5-6-24-16(22)23/h2-4,7-9,11,15,20H,5-6,10H2,1H3/t11-/m1/s1. The third kappa shape index (κ3) is 3.64. The molecule has 24 heavy (non-hydrogen) atoms. The molecule has 2 aromatic rings. The summed E-state index contributed by atoms with van der Waals surface area (Å²) in [5.74, 6) is 0. The lowest BCUT2D eigenvalue weighted by Gasteiger charge is -2.18. The summed E-state index contributed by atoms with van der Waals surface area (Å²) >= 11 is 0. The van der Waals surface area contributed by atoms with E-state index < -0.39 is 13.0 Å². The Hall–Kier alpha value is -2.64. The number of carbonyl (C=O) groups excluding carboxylic acids is 1. The van der Waals surface area contributed by atoms with Gasteiger partial charge < -0.3 is 10.1 Å². The lowest BCUT2D eigenvalue weighted by molar-refractivity contribution is 0.122. The SMILES string of the molecule is C[C@@H](Nc1cnn(CC(F)F)c1)c1cccc(N2CCOC2=O)c1. The van der Waals surface area contributed by atoms with Crippen LogP contribution in [0.5, 0.6) is 0 Å². The molecule has 1 aliphatic rings. The van der Waals surface area contributed by atoms with E-state index in [4.69, 9.17) is 4.74 Å². The number of nitrogens with one attached hydrogen (secondary N) is 1. The topological polar surface area (TPSA) is 59.4 Å². The molecule has 6 nitrogen and oxygen atoms in total. The molecule has 2 heterocycles. The van der Waals surface area contributed by atoms with E-state index in [-0.39, 0.29) is 12.1 Å². The number of carbonyl (C=O) groups is 1. The van der Waals surface area contributed by atoms with Crippen molar-refractivity contribution < 1.29 is 18.3 Å². The summed E-state index contributed by atoms with van der Waals surface area (Å²) in [5.41, 5.74) is 2.40. The van der Waals surface area contributed by atoms with E-state index in [0.29, 0.717) is 18.8 Å². The zero-order valence-electron chi connectivity index (χ0n) is 13.2. The molecule has 0 spiro atoms. The van der Waals surface area contributed by atoms with Crippen molar-refractivity contribution in [2.24, 2.45) is 0 Å². The van der Waals surface area contributed by atoms with Gasteiger partial charge in [-0.3, -0.25) is 9.58 Å². The third-order valence-corrected chi connectivity index (χ3v) is 3.78. The summed E-state index contributed by atoms with van der Waals surface area (Å²) in [5, 5.41) is 7.12. The first kappa shape index (κ1) is 16.2. The zero-order chi connectivity index (χ0) is 17.1. The van der Waals surface area contributed by atoms with Crippen molar-refractivity contribution in [3.05, 3.63) is 42.2 Å². The van der Waals surface area contributed by atoms with Crippen LogP contribution in [0.1, 0.15) is 18.5 Å². The minimum Gasteiger partial charge on any atom is -0.447 e. The number of aromatic nitrogens is 2. The van der Waals surface area contributed by atoms with Gasteiger partial charge in [0.05, 0.1) is 18.4 Å². The Morgan fingerprint density at radius 1 is 1.42 bits per heavy atom. The van der Waals surface area contributed by atoms with Gasteiger partial charge in [0.15, 0.2) is 0 Å². The summed E-state index contributed by atoms with van der Waals surface area (Å²) in [4.78, 5) is 13.2. The molecular weight excluding hydrogens is 318 g/mol. The number of nitrogens with zero attached hydrogens (tertiary/aromatic N) is 3. The maximum atomic E-state index is 12.4. The average Bonchev–Trinajstić information content (AvgIpc) is 3.16. The second kappa shape index (κ2) is 6.86. The number of benzene rings is 1. The van der Waals surface area contributed by atoms with Crippen LogP contribution in [0.25, 0.3) is 0 Å². The number of rotatable bonds is 6. The number of halogens is 2. The van der Waals surface area contributed by atoms with Gasteiger partial charge >= 0.3 is 6.09 Å². The smallest absolute Gasteiger partial charge is 0.414 e. The van der Waals surface area contributed by atoms with Crippen molar-refractivity contribution in [2.75, 3.05) is 23.4 Å². The van der Waals surface area contributed by atoms with E-state index in [0.717, 1.165) is 11.3 Å². The van der Waals surface area contributed by atoms with E-state index in [9.17, 15) is 13.6 Å². The van der Waals surface area contributed by atoms with Crippen molar-refractivity contribution in [3.63, 3.8) is 0 Å². The quantitative estimate of drug-likeness (QED) is 0.879. The van der Waals surface area contributed by atoms with E-state index in [1.807, 2.05) is 31.2 Å². The van der Waals surface area contributed by atoms with Crippen molar-refractivity contribution in [1.82, 2.24) is 9.78 Å². The lowest BCUT2D eigenvalue weighted by atomic mass is 10.1. The zero-order valence-corrected chi connectivity index (χ0v) is 13.2.